The Labute approximate surface area is 123 Å². The number of carbonyl (C=O) groups is 1. The molecule has 0 aliphatic carbocycles. The number of nitrogens with zero attached hydrogens (tertiary/aromatic N) is 1. The van der Waals surface area contributed by atoms with Gasteiger partial charge < -0.3 is 15.5 Å². The molecule has 1 aromatic rings. The highest BCUT2D eigenvalue weighted by atomic mass is 32.2. The van der Waals surface area contributed by atoms with E-state index in [1.165, 1.54) is 23.6 Å². The van der Waals surface area contributed by atoms with Crippen molar-refractivity contribution in [3.05, 3.63) is 30.1 Å². The fourth-order valence-electron chi connectivity index (χ4n) is 2.00. The van der Waals surface area contributed by atoms with Gasteiger partial charge in [0.25, 0.3) is 0 Å². The molecule has 1 amide bonds. The molecule has 0 bridgehead atoms. The van der Waals surface area contributed by atoms with Crippen LogP contribution in [0, 0.1) is 5.82 Å². The molecule has 1 heterocycles. The third-order valence-electron chi connectivity index (χ3n) is 3.12. The lowest BCUT2D eigenvalue weighted by molar-refractivity contribution is -0.115. The zero-order valence-electron chi connectivity index (χ0n) is 11.4. The highest BCUT2D eigenvalue weighted by Crippen LogP contribution is 2.08. The predicted octanol–water partition coefficient (Wildman–Crippen LogP) is 1.40. The predicted molar refractivity (Wildman–Crippen MR) is 81.7 cm³/mol. The van der Waals surface area contributed by atoms with E-state index in [9.17, 15) is 9.18 Å². The van der Waals surface area contributed by atoms with Gasteiger partial charge in [0.2, 0.25) is 5.91 Å². The third-order valence-corrected chi connectivity index (χ3v) is 4.06. The molecule has 1 aliphatic rings. The maximum Gasteiger partial charge on any atom is 0.238 e. The Morgan fingerprint density at radius 3 is 2.65 bits per heavy atom. The molecule has 4 nitrogen and oxygen atoms in total. The summed E-state index contributed by atoms with van der Waals surface area (Å²) in [7, 11) is 0. The van der Waals surface area contributed by atoms with E-state index in [4.69, 9.17) is 0 Å². The molecular weight excluding hydrogens is 277 g/mol. The van der Waals surface area contributed by atoms with Crippen molar-refractivity contribution in [2.45, 2.75) is 0 Å². The van der Waals surface area contributed by atoms with Crippen LogP contribution in [0.15, 0.2) is 24.3 Å². The van der Waals surface area contributed by atoms with E-state index in [0.29, 0.717) is 5.69 Å². The Morgan fingerprint density at radius 2 is 1.95 bits per heavy atom. The number of amides is 1. The minimum Gasteiger partial charge on any atom is -0.325 e. The number of hydrogen-bond acceptors (Lipinski definition) is 4. The second-order valence-electron chi connectivity index (χ2n) is 4.69. The Balaban J connectivity index is 1.59. The Kier molecular flexibility index (Phi) is 6.29. The van der Waals surface area contributed by atoms with Crippen LogP contribution in [0.2, 0.25) is 0 Å². The van der Waals surface area contributed by atoms with Gasteiger partial charge in [-0.1, -0.05) is 0 Å². The average Bonchev–Trinajstić information content (AvgIpc) is 2.47. The van der Waals surface area contributed by atoms with Crippen LogP contribution >= 0.6 is 11.8 Å². The van der Waals surface area contributed by atoms with Crippen LogP contribution in [-0.2, 0) is 4.79 Å². The first kappa shape index (κ1) is 15.3. The molecule has 0 radical (unpaired) electrons. The first-order chi connectivity index (χ1) is 9.74. The molecule has 1 fully saturated rings. The van der Waals surface area contributed by atoms with E-state index in [-0.39, 0.29) is 18.3 Å². The van der Waals surface area contributed by atoms with Gasteiger partial charge in [-0.25, -0.2) is 4.39 Å². The minimum atomic E-state index is -0.305. The van der Waals surface area contributed by atoms with E-state index in [1.54, 1.807) is 12.1 Å². The van der Waals surface area contributed by atoms with E-state index in [2.05, 4.69) is 15.5 Å². The van der Waals surface area contributed by atoms with Crippen LogP contribution < -0.4 is 10.6 Å². The summed E-state index contributed by atoms with van der Waals surface area (Å²) in [4.78, 5) is 14.1. The molecular formula is C14H20FN3OS. The lowest BCUT2D eigenvalue weighted by Gasteiger charge is -2.25. The smallest absolute Gasteiger partial charge is 0.238 e. The van der Waals surface area contributed by atoms with E-state index in [0.717, 1.165) is 26.2 Å². The second kappa shape index (κ2) is 8.24. The van der Waals surface area contributed by atoms with Gasteiger partial charge >= 0.3 is 0 Å². The summed E-state index contributed by atoms with van der Waals surface area (Å²) in [5.74, 6) is 1.99. The molecule has 0 aromatic heterocycles. The van der Waals surface area contributed by atoms with Crippen molar-refractivity contribution in [1.82, 2.24) is 10.2 Å². The van der Waals surface area contributed by atoms with Crippen LogP contribution in [0.5, 0.6) is 0 Å². The molecule has 1 aliphatic heterocycles. The SMILES string of the molecule is O=C(CNCCN1CCSCC1)Nc1ccc(F)cc1. The van der Waals surface area contributed by atoms with Gasteiger partial charge in [0.15, 0.2) is 0 Å². The fraction of sp³-hybridized carbons (Fsp3) is 0.500. The summed E-state index contributed by atoms with van der Waals surface area (Å²) in [6.07, 6.45) is 0. The van der Waals surface area contributed by atoms with Gasteiger partial charge in [0.1, 0.15) is 5.82 Å². The number of benzene rings is 1. The standard InChI is InChI=1S/C14H20FN3OS/c15-12-1-3-13(4-2-12)17-14(19)11-16-5-6-18-7-9-20-10-8-18/h1-4,16H,5-11H2,(H,17,19). The van der Waals surface area contributed by atoms with E-state index >= 15 is 0 Å². The van der Waals surface area contributed by atoms with Crippen LogP contribution in [0.25, 0.3) is 0 Å². The topological polar surface area (TPSA) is 44.4 Å². The number of nitrogens with one attached hydrogen (secondary N) is 2. The molecule has 0 spiro atoms. The van der Waals surface area contributed by atoms with Gasteiger partial charge in [-0.2, -0.15) is 11.8 Å². The molecule has 0 atom stereocenters. The molecule has 6 heteroatoms. The third kappa shape index (κ3) is 5.48. The summed E-state index contributed by atoms with van der Waals surface area (Å²) < 4.78 is 12.7. The monoisotopic (exact) mass is 297 g/mol. The largest absolute Gasteiger partial charge is 0.325 e. The quantitative estimate of drug-likeness (QED) is 0.779. The summed E-state index contributed by atoms with van der Waals surface area (Å²) in [5, 5.41) is 5.85. The highest BCUT2D eigenvalue weighted by molar-refractivity contribution is 7.99. The van der Waals surface area contributed by atoms with Gasteiger partial charge in [-0.15, -0.1) is 0 Å². The van der Waals surface area contributed by atoms with E-state index in [1.807, 2.05) is 11.8 Å². The van der Waals surface area contributed by atoms with E-state index < -0.39 is 0 Å². The van der Waals surface area contributed by atoms with Crippen LogP contribution in [-0.4, -0.2) is 55.0 Å². The van der Waals surface area contributed by atoms with Gasteiger partial charge in [-0.05, 0) is 24.3 Å². The number of rotatable bonds is 6. The molecule has 110 valence electrons. The lowest BCUT2D eigenvalue weighted by atomic mass is 10.3. The van der Waals surface area contributed by atoms with Crippen molar-refractivity contribution in [2.24, 2.45) is 0 Å². The van der Waals surface area contributed by atoms with Crippen molar-refractivity contribution in [3.63, 3.8) is 0 Å². The zero-order chi connectivity index (χ0) is 14.2. The fourth-order valence-corrected chi connectivity index (χ4v) is 2.98. The molecule has 2 rings (SSSR count). The van der Waals surface area contributed by atoms with Gasteiger partial charge in [0.05, 0.1) is 6.54 Å². The Morgan fingerprint density at radius 1 is 1.25 bits per heavy atom. The second-order valence-corrected chi connectivity index (χ2v) is 5.91. The minimum absolute atomic E-state index is 0.106. The molecule has 1 aromatic carbocycles. The van der Waals surface area contributed by atoms with Crippen molar-refractivity contribution >= 4 is 23.4 Å². The first-order valence-corrected chi connectivity index (χ1v) is 7.96. The molecule has 1 saturated heterocycles. The number of thioether (sulfide) groups is 1. The summed E-state index contributed by atoms with van der Waals surface area (Å²) in [6, 6.07) is 5.77. The van der Waals surface area contributed by atoms with Gasteiger partial charge in [0, 0.05) is 43.4 Å². The summed E-state index contributed by atoms with van der Waals surface area (Å²) in [5.41, 5.74) is 0.617. The number of halogens is 1. The summed E-state index contributed by atoms with van der Waals surface area (Å²) in [6.45, 7) is 4.33. The Hall–Kier alpha value is -1.11. The molecule has 20 heavy (non-hydrogen) atoms. The normalized spacial score (nSPS) is 16.1. The van der Waals surface area contributed by atoms with Crippen molar-refractivity contribution in [1.29, 1.82) is 0 Å². The first-order valence-electron chi connectivity index (χ1n) is 6.80. The molecule has 0 unspecified atom stereocenters. The maximum absolute atomic E-state index is 12.7. The number of hydrogen-bond donors (Lipinski definition) is 2. The zero-order valence-corrected chi connectivity index (χ0v) is 12.2. The molecule has 0 saturated carbocycles. The van der Waals surface area contributed by atoms with Gasteiger partial charge in [-0.3, -0.25) is 4.79 Å². The lowest BCUT2D eigenvalue weighted by Crippen LogP contribution is -2.39. The van der Waals surface area contributed by atoms with Crippen molar-refractivity contribution < 1.29 is 9.18 Å². The molecule has 2 N–H and O–H groups in total. The maximum atomic E-state index is 12.7. The van der Waals surface area contributed by atoms with Crippen molar-refractivity contribution in [3.8, 4) is 0 Å². The van der Waals surface area contributed by atoms with Crippen LogP contribution in [0.3, 0.4) is 0 Å². The number of carbonyl (C=O) groups excluding carboxylic acids is 1. The summed E-state index contributed by atoms with van der Waals surface area (Å²) >= 11 is 1.99. The number of anilines is 1. The van der Waals surface area contributed by atoms with Crippen molar-refractivity contribution in [2.75, 3.05) is 49.5 Å². The average molecular weight is 297 g/mol. The highest BCUT2D eigenvalue weighted by Gasteiger charge is 2.09. The van der Waals surface area contributed by atoms with Crippen LogP contribution in [0.4, 0.5) is 10.1 Å². The Bertz CT molecular complexity index is 421. The van der Waals surface area contributed by atoms with Crippen LogP contribution in [0.1, 0.15) is 0 Å².